The van der Waals surface area contributed by atoms with Crippen LogP contribution >= 0.6 is 0 Å². The predicted octanol–water partition coefficient (Wildman–Crippen LogP) is 4.73. The molecule has 0 saturated heterocycles. The highest BCUT2D eigenvalue weighted by Crippen LogP contribution is 2.35. The van der Waals surface area contributed by atoms with Crippen LogP contribution < -0.4 is 19.9 Å². The second-order valence-corrected chi connectivity index (χ2v) is 9.56. The normalized spacial score (nSPS) is 11.8. The number of aromatic nitrogens is 2. The van der Waals surface area contributed by atoms with Crippen LogP contribution in [0.15, 0.2) is 48.5 Å². The van der Waals surface area contributed by atoms with Gasteiger partial charge >= 0.3 is 6.01 Å². The number of anilines is 2. The van der Waals surface area contributed by atoms with Gasteiger partial charge < -0.3 is 14.4 Å². The van der Waals surface area contributed by atoms with Gasteiger partial charge in [0.15, 0.2) is 0 Å². The Morgan fingerprint density at radius 1 is 1.06 bits per heavy atom. The summed E-state index contributed by atoms with van der Waals surface area (Å²) in [4.78, 5) is 23.3. The highest BCUT2D eigenvalue weighted by molar-refractivity contribution is 5.91. The van der Waals surface area contributed by atoms with Crippen LogP contribution in [-0.4, -0.2) is 41.8 Å². The van der Waals surface area contributed by atoms with Crippen LogP contribution in [0.5, 0.6) is 11.8 Å². The summed E-state index contributed by atoms with van der Waals surface area (Å²) in [5, 5.41) is 9.92. The monoisotopic (exact) mass is 452 g/mol. The van der Waals surface area contributed by atoms with Gasteiger partial charge in [0.05, 0.1) is 19.2 Å². The molecule has 8 nitrogen and oxygen atoms in total. The van der Waals surface area contributed by atoms with Crippen molar-refractivity contribution in [3.8, 4) is 11.8 Å². The highest BCUT2D eigenvalue weighted by atomic mass is 16.5. The number of ether oxygens (including phenoxy) is 2. The van der Waals surface area contributed by atoms with E-state index in [-0.39, 0.29) is 11.4 Å². The van der Waals surface area contributed by atoms with E-state index in [2.05, 4.69) is 4.98 Å². The van der Waals surface area contributed by atoms with Crippen LogP contribution in [-0.2, 0) is 4.79 Å². The second-order valence-electron chi connectivity index (χ2n) is 9.56. The number of nitrogens with zero attached hydrogens (tertiary/aromatic N) is 3. The molecule has 2 N–H and O–H groups in total. The maximum Gasteiger partial charge on any atom is 0.318 e. The third kappa shape index (κ3) is 5.70. The summed E-state index contributed by atoms with van der Waals surface area (Å²) in [7, 11) is 3.58. The summed E-state index contributed by atoms with van der Waals surface area (Å²) in [6, 6.07) is 15.8. The highest BCUT2D eigenvalue weighted by Gasteiger charge is 2.35. The molecule has 0 spiro atoms. The first-order valence-corrected chi connectivity index (χ1v) is 10.8. The SMILES string of the molecule is COc1ccc(N(C)c2nc(OCC(C)(C)CC(C)(C)C(=O)NO)nc3ccccc23)cc1. The summed E-state index contributed by atoms with van der Waals surface area (Å²) in [5.41, 5.74) is 2.34. The van der Waals surface area contributed by atoms with Crippen molar-refractivity contribution in [2.24, 2.45) is 10.8 Å². The molecular formula is C25H32N4O4. The molecule has 0 unspecified atom stereocenters. The van der Waals surface area contributed by atoms with E-state index in [1.807, 2.05) is 74.3 Å². The quantitative estimate of drug-likeness (QED) is 0.358. The number of amides is 1. The minimum atomic E-state index is -0.758. The lowest BCUT2D eigenvalue weighted by molar-refractivity contribution is -0.140. The first kappa shape index (κ1) is 24.3. The molecule has 0 aliphatic heterocycles. The number of hydrogen-bond acceptors (Lipinski definition) is 7. The molecule has 176 valence electrons. The lowest BCUT2D eigenvalue weighted by atomic mass is 9.75. The number of para-hydroxylation sites is 1. The van der Waals surface area contributed by atoms with Gasteiger partial charge in [-0.1, -0.05) is 39.8 Å². The summed E-state index contributed by atoms with van der Waals surface area (Å²) in [6.07, 6.45) is 0.499. The fraction of sp³-hybridized carbons (Fsp3) is 0.400. The van der Waals surface area contributed by atoms with Crippen LogP contribution in [0.25, 0.3) is 10.9 Å². The molecular weight excluding hydrogens is 420 g/mol. The number of methoxy groups -OCH3 is 1. The topological polar surface area (TPSA) is 96.8 Å². The summed E-state index contributed by atoms with van der Waals surface area (Å²) >= 11 is 0. The molecule has 0 aliphatic carbocycles. The minimum Gasteiger partial charge on any atom is -0.497 e. The van der Waals surface area contributed by atoms with Crippen molar-refractivity contribution in [1.82, 2.24) is 15.4 Å². The Bertz CT molecular complexity index is 1110. The number of fused-ring (bicyclic) bond motifs is 1. The summed E-state index contributed by atoms with van der Waals surface area (Å²) in [6.45, 7) is 7.89. The molecule has 0 bridgehead atoms. The Hall–Kier alpha value is -3.39. The lowest BCUT2D eigenvalue weighted by Crippen LogP contribution is -2.39. The fourth-order valence-electron chi connectivity index (χ4n) is 4.03. The van der Waals surface area contributed by atoms with Crippen LogP contribution in [0.4, 0.5) is 11.5 Å². The van der Waals surface area contributed by atoms with Gasteiger partial charge in [0, 0.05) is 23.5 Å². The number of hydroxylamine groups is 1. The second kappa shape index (κ2) is 9.62. The van der Waals surface area contributed by atoms with Crippen molar-refractivity contribution in [3.05, 3.63) is 48.5 Å². The van der Waals surface area contributed by atoms with E-state index in [1.165, 1.54) is 0 Å². The van der Waals surface area contributed by atoms with Crippen molar-refractivity contribution in [3.63, 3.8) is 0 Å². The third-order valence-corrected chi connectivity index (χ3v) is 5.57. The standard InChI is InChI=1S/C25H32N4O4/c1-24(2,15-25(3,4)22(30)28-31)16-33-23-26-20-10-8-7-9-19(20)21(27-23)29(5)17-11-13-18(32-6)14-12-17/h7-14,31H,15-16H2,1-6H3,(H,28,30). The van der Waals surface area contributed by atoms with Crippen molar-refractivity contribution in [2.45, 2.75) is 34.1 Å². The molecule has 2 aromatic carbocycles. The van der Waals surface area contributed by atoms with E-state index in [0.29, 0.717) is 13.0 Å². The largest absolute Gasteiger partial charge is 0.497 e. The third-order valence-electron chi connectivity index (χ3n) is 5.57. The van der Waals surface area contributed by atoms with Crippen LogP contribution in [0.1, 0.15) is 34.1 Å². The number of benzene rings is 2. The molecule has 1 heterocycles. The molecule has 3 aromatic rings. The van der Waals surface area contributed by atoms with Gasteiger partial charge in [-0.05, 0) is 48.2 Å². The average molecular weight is 453 g/mol. The Labute approximate surface area is 194 Å². The first-order valence-electron chi connectivity index (χ1n) is 10.8. The van der Waals surface area contributed by atoms with Gasteiger partial charge in [-0.3, -0.25) is 10.0 Å². The molecule has 33 heavy (non-hydrogen) atoms. The van der Waals surface area contributed by atoms with Crippen LogP contribution in [0.2, 0.25) is 0 Å². The molecule has 0 atom stereocenters. The maximum atomic E-state index is 12.0. The van der Waals surface area contributed by atoms with Gasteiger partial charge in [-0.15, -0.1) is 0 Å². The molecule has 0 aliphatic rings. The lowest BCUT2D eigenvalue weighted by Gasteiger charge is -2.32. The van der Waals surface area contributed by atoms with E-state index in [0.717, 1.165) is 28.2 Å². The van der Waals surface area contributed by atoms with Gasteiger partial charge in [-0.25, -0.2) is 5.48 Å². The van der Waals surface area contributed by atoms with Crippen LogP contribution in [0, 0.1) is 10.8 Å². The van der Waals surface area contributed by atoms with Crippen molar-refractivity contribution in [2.75, 3.05) is 25.7 Å². The van der Waals surface area contributed by atoms with E-state index in [4.69, 9.17) is 19.7 Å². The number of rotatable bonds is 9. The zero-order valence-electron chi connectivity index (χ0n) is 20.0. The first-order chi connectivity index (χ1) is 15.6. The van der Waals surface area contributed by atoms with Gasteiger partial charge in [0.1, 0.15) is 11.6 Å². The zero-order valence-corrected chi connectivity index (χ0v) is 20.0. The molecule has 1 amide bonds. The molecule has 0 radical (unpaired) electrons. The zero-order chi connectivity index (χ0) is 24.2. The number of hydrogen-bond donors (Lipinski definition) is 2. The van der Waals surface area contributed by atoms with E-state index >= 15 is 0 Å². The van der Waals surface area contributed by atoms with Crippen molar-refractivity contribution >= 4 is 28.3 Å². The van der Waals surface area contributed by atoms with E-state index in [9.17, 15) is 4.79 Å². The van der Waals surface area contributed by atoms with Crippen molar-refractivity contribution in [1.29, 1.82) is 0 Å². The number of carbonyl (C=O) groups excluding carboxylic acids is 1. The van der Waals surface area contributed by atoms with Gasteiger partial charge in [-0.2, -0.15) is 9.97 Å². The Morgan fingerprint density at radius 2 is 1.73 bits per heavy atom. The molecule has 0 fully saturated rings. The van der Waals surface area contributed by atoms with Gasteiger partial charge in [0.25, 0.3) is 0 Å². The van der Waals surface area contributed by atoms with Crippen molar-refractivity contribution < 1.29 is 19.5 Å². The predicted molar refractivity (Wildman–Crippen MR) is 128 cm³/mol. The summed E-state index contributed by atoms with van der Waals surface area (Å²) < 4.78 is 11.3. The Morgan fingerprint density at radius 3 is 2.36 bits per heavy atom. The Kier molecular flexibility index (Phi) is 7.07. The molecule has 8 heteroatoms. The van der Waals surface area contributed by atoms with E-state index in [1.54, 1.807) is 26.4 Å². The Balaban J connectivity index is 1.88. The smallest absolute Gasteiger partial charge is 0.318 e. The maximum absolute atomic E-state index is 12.0. The minimum absolute atomic E-state index is 0.265. The number of nitrogens with one attached hydrogen (secondary N) is 1. The molecule has 3 rings (SSSR count). The summed E-state index contributed by atoms with van der Waals surface area (Å²) in [5.74, 6) is 1.07. The average Bonchev–Trinajstić information content (AvgIpc) is 2.80. The molecule has 0 saturated carbocycles. The van der Waals surface area contributed by atoms with Gasteiger partial charge in [0.2, 0.25) is 5.91 Å². The fourth-order valence-corrected chi connectivity index (χ4v) is 4.03. The van der Waals surface area contributed by atoms with Crippen LogP contribution in [0.3, 0.4) is 0 Å². The number of carbonyl (C=O) groups is 1. The molecule has 1 aromatic heterocycles. The van der Waals surface area contributed by atoms with E-state index < -0.39 is 11.3 Å².